The molecule has 1 N–H and O–H groups in total. The standard InChI is InChI=1S/C20H21N3O3/c1-15(26-18-11-7-6-10-17(18)25-2)20(24)22-19-12-13-21-23(19)14-16-8-4-3-5-9-16/h3-13,15H,14H2,1-2H3,(H,22,24)/t15-/m1/s1. The first-order chi connectivity index (χ1) is 12.7. The highest BCUT2D eigenvalue weighted by atomic mass is 16.5. The van der Waals surface area contributed by atoms with Crippen molar-refractivity contribution in [3.05, 3.63) is 72.4 Å². The van der Waals surface area contributed by atoms with E-state index in [0.717, 1.165) is 5.56 Å². The number of anilines is 1. The van der Waals surface area contributed by atoms with Gasteiger partial charge in [-0.05, 0) is 24.6 Å². The van der Waals surface area contributed by atoms with Gasteiger partial charge >= 0.3 is 0 Å². The van der Waals surface area contributed by atoms with E-state index in [9.17, 15) is 4.79 Å². The molecule has 0 aliphatic rings. The van der Waals surface area contributed by atoms with Crippen molar-refractivity contribution in [1.82, 2.24) is 9.78 Å². The highest BCUT2D eigenvalue weighted by molar-refractivity contribution is 5.93. The van der Waals surface area contributed by atoms with E-state index in [2.05, 4.69) is 10.4 Å². The average molecular weight is 351 g/mol. The van der Waals surface area contributed by atoms with Crippen LogP contribution in [0.1, 0.15) is 12.5 Å². The Morgan fingerprint density at radius 2 is 1.77 bits per heavy atom. The van der Waals surface area contributed by atoms with Crippen LogP contribution in [-0.4, -0.2) is 28.9 Å². The lowest BCUT2D eigenvalue weighted by molar-refractivity contribution is -0.122. The minimum absolute atomic E-state index is 0.259. The highest BCUT2D eigenvalue weighted by Gasteiger charge is 2.18. The number of para-hydroxylation sites is 2. The summed E-state index contributed by atoms with van der Waals surface area (Å²) in [6.07, 6.45) is 0.969. The molecule has 1 aromatic heterocycles. The minimum atomic E-state index is -0.689. The van der Waals surface area contributed by atoms with E-state index in [0.29, 0.717) is 23.9 Å². The SMILES string of the molecule is COc1ccccc1O[C@H](C)C(=O)Nc1ccnn1Cc1ccccc1. The maximum atomic E-state index is 12.5. The predicted molar refractivity (Wildman–Crippen MR) is 99.5 cm³/mol. The largest absolute Gasteiger partial charge is 0.493 e. The van der Waals surface area contributed by atoms with E-state index in [-0.39, 0.29) is 5.91 Å². The molecule has 0 bridgehead atoms. The van der Waals surface area contributed by atoms with E-state index < -0.39 is 6.10 Å². The lowest BCUT2D eigenvalue weighted by atomic mass is 10.2. The number of benzene rings is 2. The molecular weight excluding hydrogens is 330 g/mol. The first-order valence-electron chi connectivity index (χ1n) is 8.33. The van der Waals surface area contributed by atoms with Crippen molar-refractivity contribution in [3.63, 3.8) is 0 Å². The lowest BCUT2D eigenvalue weighted by Crippen LogP contribution is -2.31. The minimum Gasteiger partial charge on any atom is -0.493 e. The van der Waals surface area contributed by atoms with Gasteiger partial charge in [-0.3, -0.25) is 4.79 Å². The van der Waals surface area contributed by atoms with E-state index in [1.54, 1.807) is 43.1 Å². The molecule has 0 saturated carbocycles. The van der Waals surface area contributed by atoms with Gasteiger partial charge in [-0.25, -0.2) is 4.68 Å². The Kier molecular flexibility index (Phi) is 5.53. The van der Waals surface area contributed by atoms with Crippen LogP contribution in [0.5, 0.6) is 11.5 Å². The fraction of sp³-hybridized carbons (Fsp3) is 0.200. The van der Waals surface area contributed by atoms with Crippen molar-refractivity contribution in [1.29, 1.82) is 0 Å². The maximum absolute atomic E-state index is 12.5. The summed E-state index contributed by atoms with van der Waals surface area (Å²) in [5.74, 6) is 1.47. The number of nitrogens with one attached hydrogen (secondary N) is 1. The van der Waals surface area contributed by atoms with E-state index in [1.807, 2.05) is 42.5 Å². The fourth-order valence-corrected chi connectivity index (χ4v) is 2.51. The number of amides is 1. The molecule has 0 saturated heterocycles. The summed E-state index contributed by atoms with van der Waals surface area (Å²) in [5.41, 5.74) is 1.10. The molecule has 2 aromatic carbocycles. The molecule has 6 heteroatoms. The maximum Gasteiger partial charge on any atom is 0.266 e. The summed E-state index contributed by atoms with van der Waals surface area (Å²) >= 11 is 0. The zero-order valence-corrected chi connectivity index (χ0v) is 14.8. The third kappa shape index (κ3) is 4.22. The van der Waals surface area contributed by atoms with E-state index >= 15 is 0 Å². The van der Waals surface area contributed by atoms with Crippen LogP contribution in [0.15, 0.2) is 66.9 Å². The van der Waals surface area contributed by atoms with Crippen molar-refractivity contribution in [2.75, 3.05) is 12.4 Å². The molecule has 1 atom stereocenters. The third-order valence-electron chi connectivity index (χ3n) is 3.89. The van der Waals surface area contributed by atoms with Gasteiger partial charge < -0.3 is 14.8 Å². The second kappa shape index (κ2) is 8.20. The quantitative estimate of drug-likeness (QED) is 0.709. The fourth-order valence-electron chi connectivity index (χ4n) is 2.51. The second-order valence-electron chi connectivity index (χ2n) is 5.76. The van der Waals surface area contributed by atoms with Gasteiger partial charge in [-0.1, -0.05) is 42.5 Å². The summed E-state index contributed by atoms with van der Waals surface area (Å²) in [6, 6.07) is 18.9. The number of ether oxygens (including phenoxy) is 2. The van der Waals surface area contributed by atoms with Gasteiger partial charge in [0.1, 0.15) is 5.82 Å². The molecule has 0 spiro atoms. The molecule has 3 aromatic rings. The molecule has 3 rings (SSSR count). The number of nitrogens with zero attached hydrogens (tertiary/aromatic N) is 2. The van der Waals surface area contributed by atoms with Crippen molar-refractivity contribution < 1.29 is 14.3 Å². The zero-order chi connectivity index (χ0) is 18.4. The predicted octanol–water partition coefficient (Wildman–Crippen LogP) is 3.35. The van der Waals surface area contributed by atoms with E-state index in [1.165, 1.54) is 0 Å². The summed E-state index contributed by atoms with van der Waals surface area (Å²) in [5, 5.41) is 7.14. The van der Waals surface area contributed by atoms with Crippen LogP contribution in [0.25, 0.3) is 0 Å². The van der Waals surface area contributed by atoms with Crippen molar-refractivity contribution in [2.45, 2.75) is 19.6 Å². The van der Waals surface area contributed by atoms with Gasteiger partial charge in [-0.2, -0.15) is 5.10 Å². The Morgan fingerprint density at radius 3 is 2.50 bits per heavy atom. The number of aromatic nitrogens is 2. The topological polar surface area (TPSA) is 65.4 Å². The molecule has 1 heterocycles. The van der Waals surface area contributed by atoms with Gasteiger partial charge in [0.15, 0.2) is 17.6 Å². The van der Waals surface area contributed by atoms with Crippen LogP contribution in [0.3, 0.4) is 0 Å². The monoisotopic (exact) mass is 351 g/mol. The molecular formula is C20H21N3O3. The molecule has 6 nitrogen and oxygen atoms in total. The number of methoxy groups -OCH3 is 1. The lowest BCUT2D eigenvalue weighted by Gasteiger charge is -2.17. The van der Waals surface area contributed by atoms with Crippen LogP contribution in [0.4, 0.5) is 5.82 Å². The van der Waals surface area contributed by atoms with Gasteiger partial charge in [-0.15, -0.1) is 0 Å². The summed E-state index contributed by atoms with van der Waals surface area (Å²) in [7, 11) is 1.56. The zero-order valence-electron chi connectivity index (χ0n) is 14.8. The molecule has 0 aliphatic carbocycles. The molecule has 134 valence electrons. The van der Waals surface area contributed by atoms with Crippen LogP contribution < -0.4 is 14.8 Å². The van der Waals surface area contributed by atoms with Gasteiger partial charge in [0.25, 0.3) is 5.91 Å². The van der Waals surface area contributed by atoms with Gasteiger partial charge in [0.2, 0.25) is 0 Å². The number of carbonyl (C=O) groups excluding carboxylic acids is 1. The number of hydrogen-bond acceptors (Lipinski definition) is 4. The molecule has 0 aliphatic heterocycles. The highest BCUT2D eigenvalue weighted by Crippen LogP contribution is 2.27. The Hall–Kier alpha value is -3.28. The molecule has 0 unspecified atom stereocenters. The number of hydrogen-bond donors (Lipinski definition) is 1. The number of carbonyl (C=O) groups is 1. The van der Waals surface area contributed by atoms with E-state index in [4.69, 9.17) is 9.47 Å². The summed E-state index contributed by atoms with van der Waals surface area (Å²) in [6.45, 7) is 2.27. The summed E-state index contributed by atoms with van der Waals surface area (Å²) < 4.78 is 12.7. The Balaban J connectivity index is 1.66. The van der Waals surface area contributed by atoms with Crippen LogP contribution in [0.2, 0.25) is 0 Å². The normalized spacial score (nSPS) is 11.6. The number of rotatable bonds is 7. The van der Waals surface area contributed by atoms with Gasteiger partial charge in [0.05, 0.1) is 19.9 Å². The Morgan fingerprint density at radius 1 is 1.08 bits per heavy atom. The van der Waals surface area contributed by atoms with Gasteiger partial charge in [0, 0.05) is 6.07 Å². The third-order valence-corrected chi connectivity index (χ3v) is 3.89. The average Bonchev–Trinajstić information content (AvgIpc) is 3.09. The van der Waals surface area contributed by atoms with Crippen LogP contribution in [-0.2, 0) is 11.3 Å². The molecule has 1 amide bonds. The first kappa shape index (κ1) is 17.5. The van der Waals surface area contributed by atoms with Crippen LogP contribution >= 0.6 is 0 Å². The molecule has 0 radical (unpaired) electrons. The Bertz CT molecular complexity index is 862. The molecule has 26 heavy (non-hydrogen) atoms. The van der Waals surface area contributed by atoms with Crippen molar-refractivity contribution in [2.24, 2.45) is 0 Å². The second-order valence-corrected chi connectivity index (χ2v) is 5.76. The molecule has 0 fully saturated rings. The Labute approximate surface area is 152 Å². The van der Waals surface area contributed by atoms with Crippen molar-refractivity contribution in [3.8, 4) is 11.5 Å². The van der Waals surface area contributed by atoms with Crippen molar-refractivity contribution >= 4 is 11.7 Å². The first-order valence-corrected chi connectivity index (χ1v) is 8.33. The summed E-state index contributed by atoms with van der Waals surface area (Å²) in [4.78, 5) is 12.5. The van der Waals surface area contributed by atoms with Crippen LogP contribution in [0, 0.1) is 0 Å². The smallest absolute Gasteiger partial charge is 0.266 e.